The second-order valence-electron chi connectivity index (χ2n) is 18.5. The monoisotopic (exact) mass is 791 g/mol. The van der Waals surface area contributed by atoms with Crippen LogP contribution in [-0.4, -0.2) is 72.1 Å². The minimum absolute atomic E-state index is 0. The van der Waals surface area contributed by atoms with Crippen molar-refractivity contribution in [1.82, 2.24) is 19.9 Å². The van der Waals surface area contributed by atoms with E-state index in [4.69, 9.17) is 24.7 Å². The maximum absolute atomic E-state index is 5.01. The maximum Gasteiger partial charge on any atom is 2.00 e. The molecule has 3 heterocycles. The third kappa shape index (κ3) is 14.0. The molecule has 0 bridgehead atoms. The first-order chi connectivity index (χ1) is 21.4. The third-order valence-electron chi connectivity index (χ3n) is 9.32. The molecule has 5 nitrogen and oxygen atoms in total. The molecule has 6 heteroatoms. The van der Waals surface area contributed by atoms with Crippen LogP contribution < -0.4 is 9.97 Å². The molecule has 0 radical (unpaired) electrons. The summed E-state index contributed by atoms with van der Waals surface area (Å²) in [5.74, 6) is 2.00. The van der Waals surface area contributed by atoms with Gasteiger partial charge < -0.3 is 24.7 Å². The fraction of sp³-hybridized carbons (Fsp3) is 0.810. The Hall–Kier alpha value is -0.309. The van der Waals surface area contributed by atoms with Crippen LogP contribution in [0.1, 0.15) is 210 Å². The molecule has 0 spiro atoms. The van der Waals surface area contributed by atoms with Crippen molar-refractivity contribution in [3.05, 3.63) is 46.6 Å². The van der Waals surface area contributed by atoms with Crippen molar-refractivity contribution in [2.75, 3.05) is 13.2 Å². The Morgan fingerprint density at radius 2 is 0.771 bits per heavy atom. The molecule has 0 aromatic carbocycles. The van der Waals surface area contributed by atoms with Crippen LogP contribution in [0.25, 0.3) is 0 Å². The van der Waals surface area contributed by atoms with Crippen LogP contribution in [0.3, 0.4) is 0 Å². The van der Waals surface area contributed by atoms with Crippen LogP contribution in [0, 0.1) is 0 Å². The van der Waals surface area contributed by atoms with Crippen LogP contribution in [0.5, 0.6) is 0 Å². The van der Waals surface area contributed by atoms with Gasteiger partial charge in [-0.05, 0) is 58.2 Å². The van der Waals surface area contributed by atoms with Crippen molar-refractivity contribution < 1.29 is 4.74 Å². The van der Waals surface area contributed by atoms with Crippen LogP contribution in [0.15, 0.2) is 12.2 Å². The smallest absolute Gasteiger partial charge is 0.442 e. The summed E-state index contributed by atoms with van der Waals surface area (Å²) in [5.41, 5.74) is 5.35. The molecule has 0 saturated carbocycles. The zero-order chi connectivity index (χ0) is 36.5. The van der Waals surface area contributed by atoms with Gasteiger partial charge >= 0.3 is 48.9 Å². The Labute approximate surface area is 338 Å². The Kier molecular flexibility index (Phi) is 19.4. The fourth-order valence-corrected chi connectivity index (χ4v) is 6.56. The summed E-state index contributed by atoms with van der Waals surface area (Å²) in [6.45, 7) is 42.4. The second kappa shape index (κ2) is 19.5. The first-order valence-electron chi connectivity index (χ1n) is 18.8. The zero-order valence-electron chi connectivity index (χ0n) is 35.1. The second-order valence-corrected chi connectivity index (χ2v) is 18.5. The summed E-state index contributed by atoms with van der Waals surface area (Å²) in [6, 6.07) is 0. The van der Waals surface area contributed by atoms with Gasteiger partial charge in [0.05, 0.1) is 13.2 Å². The molecule has 272 valence electrons. The van der Waals surface area contributed by atoms with Gasteiger partial charge in [0.1, 0.15) is 0 Å². The van der Waals surface area contributed by atoms with E-state index in [-0.39, 0.29) is 81.4 Å². The zero-order valence-corrected chi connectivity index (χ0v) is 39.6. The van der Waals surface area contributed by atoms with Gasteiger partial charge in [-0.1, -0.05) is 197 Å². The summed E-state index contributed by atoms with van der Waals surface area (Å²) in [5, 5.41) is 0. The van der Waals surface area contributed by atoms with E-state index in [0.29, 0.717) is 0 Å². The molecule has 0 aliphatic carbocycles. The average molecular weight is 790 g/mol. The van der Waals surface area contributed by atoms with Gasteiger partial charge in [-0.15, -0.1) is 0 Å². The Morgan fingerprint density at radius 1 is 0.500 bits per heavy atom. The summed E-state index contributed by atoms with van der Waals surface area (Å²) in [7, 11) is 0. The molecule has 0 fully saturated rings. The van der Waals surface area contributed by atoms with Crippen molar-refractivity contribution in [2.45, 2.75) is 208 Å². The van der Waals surface area contributed by atoms with Gasteiger partial charge in [0, 0.05) is 0 Å². The SMILES string of the molecule is C1=CCOC1.CCCC(C)(C)c1nc(C(C)(C)C)[n-]c1C(C)(C)CCC.CCCC(C)(C)c1nc(C(C)(C)C)[n-]c1C(C)(C)CCC.[Ba+2]. The summed E-state index contributed by atoms with van der Waals surface area (Å²) >= 11 is 0. The van der Waals surface area contributed by atoms with Crippen LogP contribution in [0.2, 0.25) is 0 Å². The predicted molar refractivity (Wildman–Crippen MR) is 210 cm³/mol. The number of hydrogen-bond acceptors (Lipinski definition) is 3. The maximum atomic E-state index is 5.01. The molecule has 48 heavy (non-hydrogen) atoms. The topological polar surface area (TPSA) is 63.2 Å². The Bertz CT molecular complexity index is 1070. The third-order valence-corrected chi connectivity index (χ3v) is 9.32. The molecular weight excluding hydrogens is 714 g/mol. The van der Waals surface area contributed by atoms with Gasteiger partial charge in [0.2, 0.25) is 0 Å². The minimum atomic E-state index is 0. The van der Waals surface area contributed by atoms with Gasteiger partial charge in [-0.3, -0.25) is 0 Å². The van der Waals surface area contributed by atoms with Crippen molar-refractivity contribution in [1.29, 1.82) is 0 Å². The van der Waals surface area contributed by atoms with E-state index < -0.39 is 0 Å². The summed E-state index contributed by atoms with van der Waals surface area (Å²) < 4.78 is 4.83. The Morgan fingerprint density at radius 3 is 0.979 bits per heavy atom. The molecule has 0 amide bonds. The van der Waals surface area contributed by atoms with E-state index in [0.717, 1.165) is 50.5 Å². The van der Waals surface area contributed by atoms with Gasteiger partial charge in [-0.25, -0.2) is 0 Å². The van der Waals surface area contributed by atoms with Crippen molar-refractivity contribution in [2.24, 2.45) is 0 Å². The molecule has 0 saturated heterocycles. The molecular formula is C42H76BaN4O. The number of ether oxygens (including phenoxy) is 1. The number of nitrogens with zero attached hydrogens (tertiary/aromatic N) is 4. The van der Waals surface area contributed by atoms with Crippen LogP contribution >= 0.6 is 0 Å². The van der Waals surface area contributed by atoms with E-state index in [1.54, 1.807) is 0 Å². The van der Waals surface area contributed by atoms with E-state index in [1.165, 1.54) is 48.5 Å². The quantitative estimate of drug-likeness (QED) is 0.158. The fourth-order valence-electron chi connectivity index (χ4n) is 6.56. The number of hydrogen-bond donors (Lipinski definition) is 0. The average Bonchev–Trinajstić information content (AvgIpc) is 3.70. The van der Waals surface area contributed by atoms with E-state index in [1.807, 2.05) is 12.2 Å². The number of rotatable bonds is 12. The molecule has 1 aliphatic rings. The van der Waals surface area contributed by atoms with Crippen molar-refractivity contribution in [3.63, 3.8) is 0 Å². The molecule has 2 aromatic heterocycles. The van der Waals surface area contributed by atoms with E-state index >= 15 is 0 Å². The van der Waals surface area contributed by atoms with Crippen LogP contribution in [-0.2, 0) is 37.2 Å². The summed E-state index contributed by atoms with van der Waals surface area (Å²) in [4.78, 5) is 20.0. The van der Waals surface area contributed by atoms with E-state index in [9.17, 15) is 0 Å². The van der Waals surface area contributed by atoms with Crippen molar-refractivity contribution in [3.8, 4) is 0 Å². The summed E-state index contributed by atoms with van der Waals surface area (Å²) in [6.07, 6.45) is 13.4. The number of aromatic nitrogens is 4. The Balaban J connectivity index is 0.000000786. The molecule has 1 aliphatic heterocycles. The first-order valence-corrected chi connectivity index (χ1v) is 18.8. The first kappa shape index (κ1) is 47.7. The van der Waals surface area contributed by atoms with Gasteiger partial charge in [-0.2, -0.15) is 0 Å². The minimum Gasteiger partial charge on any atom is -0.442 e. The molecule has 2 aromatic rings. The van der Waals surface area contributed by atoms with Crippen LogP contribution in [0.4, 0.5) is 0 Å². The van der Waals surface area contributed by atoms with Crippen molar-refractivity contribution >= 4 is 48.9 Å². The van der Waals surface area contributed by atoms with Gasteiger partial charge in [0.25, 0.3) is 0 Å². The van der Waals surface area contributed by atoms with Gasteiger partial charge in [0.15, 0.2) is 0 Å². The standard InChI is InChI=1S/2C19H35N2.C4H6O.Ba/c2*1-10-12-18(6,7)14-15(19(8,9)13-11-2)21-16(20-14)17(3,4)5;1-2-4-5-3-1;/h2*10-13H2,1-9H3;1-2H,3-4H2;/q2*-1;;+2. The van der Waals surface area contributed by atoms with E-state index in [2.05, 4.69) is 125 Å². The number of imidazole rings is 2. The molecule has 0 unspecified atom stereocenters. The largest absolute Gasteiger partial charge is 2.00 e. The molecule has 0 atom stereocenters. The predicted octanol–water partition coefficient (Wildman–Crippen LogP) is 11.2. The molecule has 3 rings (SSSR count). The molecule has 0 N–H and O–H groups in total. The normalized spacial score (nSPS) is 14.2.